The highest BCUT2D eigenvalue weighted by Crippen LogP contribution is 2.32. The van der Waals surface area contributed by atoms with Crippen molar-refractivity contribution in [2.45, 2.75) is 31.7 Å². The van der Waals surface area contributed by atoms with Crippen LogP contribution in [-0.4, -0.2) is 46.3 Å². The van der Waals surface area contributed by atoms with Crippen molar-refractivity contribution in [2.75, 3.05) is 18.5 Å². The monoisotopic (exact) mass is 308 g/mol. The lowest BCUT2D eigenvalue weighted by Gasteiger charge is -2.35. The van der Waals surface area contributed by atoms with Gasteiger partial charge in [-0.15, -0.1) is 0 Å². The Hall–Kier alpha value is -1.69. The van der Waals surface area contributed by atoms with E-state index in [1.807, 2.05) is 4.90 Å². The average Bonchev–Trinajstić information content (AvgIpc) is 2.87. The second-order valence-corrected chi connectivity index (χ2v) is 5.94. The number of fused-ring (bicyclic) bond motifs is 1. The summed E-state index contributed by atoms with van der Waals surface area (Å²) in [6.45, 7) is 0.505. The summed E-state index contributed by atoms with van der Waals surface area (Å²) < 4.78 is 0. The maximum Gasteiger partial charge on any atom is 0.232 e. The Kier molecular flexibility index (Phi) is 3.80. The van der Waals surface area contributed by atoms with Gasteiger partial charge in [-0.2, -0.15) is 0 Å². The fraction of sp³-hybridized carbons (Fsp3) is 0.571. The number of hydrogen-bond donors (Lipinski definition) is 0. The van der Waals surface area contributed by atoms with Crippen LogP contribution in [0.25, 0.3) is 0 Å². The number of amides is 2. The van der Waals surface area contributed by atoms with Gasteiger partial charge in [-0.3, -0.25) is 14.5 Å². The molecule has 2 fully saturated rings. The maximum absolute atomic E-state index is 12.6. The third-order valence-corrected chi connectivity index (χ3v) is 4.62. The summed E-state index contributed by atoms with van der Waals surface area (Å²) in [4.78, 5) is 35.8. The van der Waals surface area contributed by atoms with Crippen molar-refractivity contribution in [3.05, 3.63) is 17.5 Å². The smallest absolute Gasteiger partial charge is 0.232 e. The van der Waals surface area contributed by atoms with Crippen LogP contribution in [0.2, 0.25) is 5.15 Å². The second kappa shape index (κ2) is 5.60. The molecular formula is C14H17ClN4O2. The fourth-order valence-corrected chi connectivity index (χ4v) is 3.42. The zero-order valence-electron chi connectivity index (χ0n) is 11.8. The molecule has 2 unspecified atom stereocenters. The van der Waals surface area contributed by atoms with Gasteiger partial charge >= 0.3 is 0 Å². The molecule has 21 heavy (non-hydrogen) atoms. The standard InChI is InChI=1S/C14H17ClN4O2/c1-18(13-12(15)16-6-7-17-13)14(21)9-2-3-10-4-5-11(20)19(10)8-9/h6-7,9-10H,2-5,8H2,1H3. The predicted octanol–water partition coefficient (Wildman–Crippen LogP) is 1.49. The van der Waals surface area contributed by atoms with Crippen LogP contribution in [0, 0.1) is 5.92 Å². The molecule has 0 saturated carbocycles. The van der Waals surface area contributed by atoms with Gasteiger partial charge in [0.15, 0.2) is 11.0 Å². The number of anilines is 1. The molecule has 0 bridgehead atoms. The van der Waals surface area contributed by atoms with Gasteiger partial charge in [0.25, 0.3) is 0 Å². The number of aromatic nitrogens is 2. The number of carbonyl (C=O) groups is 2. The molecule has 2 aliphatic heterocycles. The van der Waals surface area contributed by atoms with E-state index in [0.717, 1.165) is 19.3 Å². The van der Waals surface area contributed by atoms with E-state index in [2.05, 4.69) is 9.97 Å². The van der Waals surface area contributed by atoms with Crippen LogP contribution in [0.4, 0.5) is 5.82 Å². The first-order chi connectivity index (χ1) is 10.1. The molecule has 7 heteroatoms. The molecular weight excluding hydrogens is 292 g/mol. The third kappa shape index (κ3) is 2.60. The molecule has 0 aliphatic carbocycles. The van der Waals surface area contributed by atoms with Crippen molar-refractivity contribution < 1.29 is 9.59 Å². The summed E-state index contributed by atoms with van der Waals surface area (Å²) in [5, 5.41) is 0.208. The molecule has 2 amide bonds. The zero-order chi connectivity index (χ0) is 15.0. The highest BCUT2D eigenvalue weighted by atomic mass is 35.5. The molecule has 2 saturated heterocycles. The lowest BCUT2D eigenvalue weighted by atomic mass is 9.92. The normalized spacial score (nSPS) is 24.9. The Balaban J connectivity index is 1.73. The fourth-order valence-electron chi connectivity index (χ4n) is 3.19. The number of rotatable bonds is 2. The molecule has 2 atom stereocenters. The molecule has 0 aromatic carbocycles. The first kappa shape index (κ1) is 14.3. The third-order valence-electron chi connectivity index (χ3n) is 4.35. The van der Waals surface area contributed by atoms with Crippen LogP contribution in [0.5, 0.6) is 0 Å². The average molecular weight is 309 g/mol. The second-order valence-electron chi connectivity index (χ2n) is 5.58. The van der Waals surface area contributed by atoms with E-state index < -0.39 is 0 Å². The highest BCUT2D eigenvalue weighted by molar-refractivity contribution is 6.32. The van der Waals surface area contributed by atoms with E-state index in [1.165, 1.54) is 17.3 Å². The Morgan fingerprint density at radius 2 is 2.10 bits per heavy atom. The topological polar surface area (TPSA) is 66.4 Å². The quantitative estimate of drug-likeness (QED) is 0.830. The largest absolute Gasteiger partial charge is 0.339 e. The minimum absolute atomic E-state index is 0.0597. The first-order valence-corrected chi connectivity index (χ1v) is 7.49. The van der Waals surface area contributed by atoms with Crippen molar-refractivity contribution in [3.63, 3.8) is 0 Å². The van der Waals surface area contributed by atoms with Gasteiger partial charge in [0.05, 0.1) is 5.92 Å². The van der Waals surface area contributed by atoms with Crippen LogP contribution in [0.15, 0.2) is 12.4 Å². The van der Waals surface area contributed by atoms with Crippen molar-refractivity contribution in [1.82, 2.24) is 14.9 Å². The van der Waals surface area contributed by atoms with Gasteiger partial charge in [0.1, 0.15) is 0 Å². The maximum atomic E-state index is 12.6. The van der Waals surface area contributed by atoms with E-state index in [0.29, 0.717) is 24.8 Å². The number of hydrogen-bond acceptors (Lipinski definition) is 4. The lowest BCUT2D eigenvalue weighted by molar-refractivity contribution is -0.133. The van der Waals surface area contributed by atoms with Crippen molar-refractivity contribution in [2.24, 2.45) is 5.92 Å². The van der Waals surface area contributed by atoms with Gasteiger partial charge in [-0.05, 0) is 19.3 Å². The minimum Gasteiger partial charge on any atom is -0.339 e. The number of piperidine rings is 1. The van der Waals surface area contributed by atoms with Crippen LogP contribution in [-0.2, 0) is 9.59 Å². The molecule has 0 spiro atoms. The highest BCUT2D eigenvalue weighted by Gasteiger charge is 2.39. The summed E-state index contributed by atoms with van der Waals surface area (Å²) in [6.07, 6.45) is 6.22. The summed E-state index contributed by atoms with van der Waals surface area (Å²) in [6, 6.07) is 0.326. The van der Waals surface area contributed by atoms with Crippen molar-refractivity contribution in [1.29, 1.82) is 0 Å². The van der Waals surface area contributed by atoms with Gasteiger partial charge in [-0.25, -0.2) is 9.97 Å². The van der Waals surface area contributed by atoms with Gasteiger partial charge in [0, 0.05) is 38.4 Å². The number of nitrogens with zero attached hydrogens (tertiary/aromatic N) is 4. The van der Waals surface area contributed by atoms with E-state index >= 15 is 0 Å². The van der Waals surface area contributed by atoms with Gasteiger partial charge in [-0.1, -0.05) is 11.6 Å². The van der Waals surface area contributed by atoms with Gasteiger partial charge < -0.3 is 4.90 Å². The van der Waals surface area contributed by atoms with E-state index in [-0.39, 0.29) is 22.9 Å². The van der Waals surface area contributed by atoms with Crippen LogP contribution in [0.3, 0.4) is 0 Å². The van der Waals surface area contributed by atoms with Crippen molar-refractivity contribution in [3.8, 4) is 0 Å². The van der Waals surface area contributed by atoms with Crippen LogP contribution >= 0.6 is 11.6 Å². The summed E-state index contributed by atoms with van der Waals surface area (Å²) >= 11 is 5.98. The van der Waals surface area contributed by atoms with E-state index in [4.69, 9.17) is 11.6 Å². The molecule has 2 aliphatic rings. The zero-order valence-corrected chi connectivity index (χ0v) is 12.6. The summed E-state index contributed by atoms with van der Waals surface area (Å²) in [7, 11) is 1.65. The predicted molar refractivity (Wildman–Crippen MR) is 77.9 cm³/mol. The Labute approximate surface area is 128 Å². The van der Waals surface area contributed by atoms with E-state index in [9.17, 15) is 9.59 Å². The van der Waals surface area contributed by atoms with Crippen LogP contribution in [0.1, 0.15) is 25.7 Å². The first-order valence-electron chi connectivity index (χ1n) is 7.11. The molecule has 112 valence electrons. The Morgan fingerprint density at radius 1 is 1.33 bits per heavy atom. The molecule has 0 radical (unpaired) electrons. The Bertz CT molecular complexity index is 580. The molecule has 3 heterocycles. The molecule has 1 aromatic heterocycles. The number of halogens is 1. The lowest BCUT2D eigenvalue weighted by Crippen LogP contribution is -2.47. The molecule has 6 nitrogen and oxygen atoms in total. The SMILES string of the molecule is CN(C(=O)C1CCC2CCC(=O)N2C1)c1nccnc1Cl. The van der Waals surface area contributed by atoms with Crippen LogP contribution < -0.4 is 4.90 Å². The van der Waals surface area contributed by atoms with Crippen molar-refractivity contribution >= 4 is 29.2 Å². The molecule has 1 aromatic rings. The van der Waals surface area contributed by atoms with E-state index in [1.54, 1.807) is 7.05 Å². The summed E-state index contributed by atoms with van der Waals surface area (Å²) in [5.74, 6) is 0.277. The molecule has 3 rings (SSSR count). The number of carbonyl (C=O) groups excluding carboxylic acids is 2. The Morgan fingerprint density at radius 3 is 2.86 bits per heavy atom. The molecule has 0 N–H and O–H groups in total. The summed E-state index contributed by atoms with van der Waals surface area (Å²) in [5.41, 5.74) is 0. The minimum atomic E-state index is -0.189. The van der Waals surface area contributed by atoms with Gasteiger partial charge in [0.2, 0.25) is 11.8 Å².